The number of rotatable bonds is 3. The van der Waals surface area contributed by atoms with Gasteiger partial charge in [0, 0.05) is 0 Å². The van der Waals surface area contributed by atoms with Crippen molar-refractivity contribution in [1.82, 2.24) is 0 Å². The van der Waals surface area contributed by atoms with Crippen LogP contribution in [0, 0.1) is 0 Å². The summed E-state index contributed by atoms with van der Waals surface area (Å²) in [7, 11) is 0. The number of carbonyl (C=O) groups excluding carboxylic acids is 1. The summed E-state index contributed by atoms with van der Waals surface area (Å²) < 4.78 is 4.97. The average Bonchev–Trinajstić information content (AvgIpc) is 1.88. The van der Waals surface area contributed by atoms with Crippen LogP contribution < -0.4 is 0 Å². The molecule has 0 radical (unpaired) electrons. The number of allylic oxidation sites excluding steroid dienone is 1. The van der Waals surface area contributed by atoms with E-state index in [0.717, 1.165) is 0 Å². The van der Waals surface area contributed by atoms with Gasteiger partial charge in [-0.15, -0.1) is 11.8 Å². The van der Waals surface area contributed by atoms with E-state index >= 15 is 0 Å². The third-order valence-electron chi connectivity index (χ3n) is 1.03. The van der Waals surface area contributed by atoms with Gasteiger partial charge in [-0.2, -0.15) is 0 Å². The predicted octanol–water partition coefficient (Wildman–Crippen LogP) is 2.20. The van der Waals surface area contributed by atoms with Gasteiger partial charge in [0.15, 0.2) is 0 Å². The van der Waals surface area contributed by atoms with Crippen molar-refractivity contribution in [2.45, 2.75) is 26.9 Å². The van der Waals surface area contributed by atoms with Crippen LogP contribution in [0.2, 0.25) is 0 Å². The van der Waals surface area contributed by atoms with Gasteiger partial charge in [-0.1, -0.05) is 6.08 Å². The number of esters is 1. The van der Waals surface area contributed by atoms with Crippen molar-refractivity contribution < 1.29 is 9.53 Å². The SMILES string of the molecule is CC=C(SC)C(=O)OC(C)C. The van der Waals surface area contributed by atoms with E-state index in [4.69, 9.17) is 4.74 Å². The van der Waals surface area contributed by atoms with Crippen LogP contribution in [0.3, 0.4) is 0 Å². The molecule has 0 unspecified atom stereocenters. The first-order valence-corrected chi connectivity index (χ1v) is 4.75. The summed E-state index contributed by atoms with van der Waals surface area (Å²) in [6.45, 7) is 5.50. The summed E-state index contributed by atoms with van der Waals surface area (Å²) in [5.41, 5.74) is 0. The van der Waals surface area contributed by atoms with Crippen LogP contribution in [0.15, 0.2) is 11.0 Å². The highest BCUT2D eigenvalue weighted by Gasteiger charge is 2.09. The van der Waals surface area contributed by atoms with Crippen molar-refractivity contribution in [1.29, 1.82) is 0 Å². The third-order valence-corrected chi connectivity index (χ3v) is 1.87. The Hall–Kier alpha value is -0.440. The van der Waals surface area contributed by atoms with E-state index in [1.807, 2.05) is 27.0 Å². The zero-order valence-corrected chi connectivity index (χ0v) is 8.20. The molecule has 0 aromatic rings. The molecule has 0 aliphatic carbocycles. The van der Waals surface area contributed by atoms with Gasteiger partial charge in [-0.25, -0.2) is 4.79 Å². The molecule has 3 heteroatoms. The summed E-state index contributed by atoms with van der Waals surface area (Å²) in [4.78, 5) is 11.8. The molecular weight excluding hydrogens is 160 g/mol. The molecule has 0 aliphatic rings. The first-order chi connectivity index (χ1) is 5.11. The van der Waals surface area contributed by atoms with Crippen molar-refractivity contribution in [2.24, 2.45) is 0 Å². The second-order valence-corrected chi connectivity index (χ2v) is 3.16. The minimum atomic E-state index is -0.227. The number of hydrogen-bond donors (Lipinski definition) is 0. The standard InChI is InChI=1S/C8H14O2S/c1-5-7(11-4)8(9)10-6(2)3/h5-6H,1-4H3. The quantitative estimate of drug-likeness (QED) is 0.484. The molecule has 0 bridgehead atoms. The lowest BCUT2D eigenvalue weighted by Gasteiger charge is -2.07. The minimum absolute atomic E-state index is 0.0374. The fourth-order valence-electron chi connectivity index (χ4n) is 0.591. The number of hydrogen-bond acceptors (Lipinski definition) is 3. The van der Waals surface area contributed by atoms with Crippen LogP contribution in [-0.2, 0) is 9.53 Å². The Labute approximate surface area is 72.0 Å². The Kier molecular flexibility index (Phi) is 5.03. The molecule has 0 aromatic carbocycles. The van der Waals surface area contributed by atoms with Crippen LogP contribution in [0.4, 0.5) is 0 Å². The fraction of sp³-hybridized carbons (Fsp3) is 0.625. The molecule has 64 valence electrons. The molecule has 0 saturated heterocycles. The van der Waals surface area contributed by atoms with Crippen molar-refractivity contribution in [3.05, 3.63) is 11.0 Å². The molecule has 0 saturated carbocycles. The van der Waals surface area contributed by atoms with Gasteiger partial charge >= 0.3 is 5.97 Å². The molecule has 0 aliphatic heterocycles. The van der Waals surface area contributed by atoms with E-state index in [9.17, 15) is 4.79 Å². The third kappa shape index (κ3) is 4.09. The minimum Gasteiger partial charge on any atom is -0.459 e. The normalized spacial score (nSPS) is 11.9. The molecule has 0 atom stereocenters. The molecule has 0 rings (SSSR count). The summed E-state index contributed by atoms with van der Waals surface area (Å²) in [6.07, 6.45) is 3.58. The van der Waals surface area contributed by atoms with Gasteiger partial charge < -0.3 is 4.74 Å². The Balaban J connectivity index is 4.02. The molecule has 11 heavy (non-hydrogen) atoms. The lowest BCUT2D eigenvalue weighted by atomic mass is 10.4. The Morgan fingerprint density at radius 3 is 2.36 bits per heavy atom. The van der Waals surface area contributed by atoms with Crippen LogP contribution in [-0.4, -0.2) is 18.3 Å². The highest BCUT2D eigenvalue weighted by Crippen LogP contribution is 2.13. The molecular formula is C8H14O2S. The van der Waals surface area contributed by atoms with E-state index in [-0.39, 0.29) is 12.1 Å². The smallest absolute Gasteiger partial charge is 0.344 e. The maximum absolute atomic E-state index is 11.1. The lowest BCUT2D eigenvalue weighted by Crippen LogP contribution is -2.11. The van der Waals surface area contributed by atoms with Gasteiger partial charge in [0.25, 0.3) is 0 Å². The number of carbonyl (C=O) groups is 1. The summed E-state index contributed by atoms with van der Waals surface area (Å²) >= 11 is 1.41. The number of ether oxygens (including phenoxy) is 1. The van der Waals surface area contributed by atoms with Gasteiger partial charge in [0.05, 0.1) is 11.0 Å². The second kappa shape index (κ2) is 5.24. The van der Waals surface area contributed by atoms with Gasteiger partial charge in [0.1, 0.15) is 0 Å². The monoisotopic (exact) mass is 174 g/mol. The molecule has 0 aromatic heterocycles. The highest BCUT2D eigenvalue weighted by atomic mass is 32.2. The second-order valence-electron chi connectivity index (χ2n) is 2.31. The van der Waals surface area contributed by atoms with E-state index in [2.05, 4.69) is 0 Å². The summed E-state index contributed by atoms with van der Waals surface area (Å²) in [5, 5.41) is 0. The maximum Gasteiger partial charge on any atom is 0.344 e. The Bertz CT molecular complexity index is 161. The largest absolute Gasteiger partial charge is 0.459 e. The van der Waals surface area contributed by atoms with E-state index in [1.165, 1.54) is 11.8 Å². The predicted molar refractivity (Wildman–Crippen MR) is 48.5 cm³/mol. The number of thioether (sulfide) groups is 1. The molecule has 0 heterocycles. The first-order valence-electron chi connectivity index (χ1n) is 3.53. The van der Waals surface area contributed by atoms with Crippen molar-refractivity contribution in [2.75, 3.05) is 6.26 Å². The average molecular weight is 174 g/mol. The van der Waals surface area contributed by atoms with Gasteiger partial charge in [-0.3, -0.25) is 0 Å². The molecule has 0 amide bonds. The summed E-state index contributed by atoms with van der Waals surface area (Å²) in [6, 6.07) is 0. The van der Waals surface area contributed by atoms with Crippen LogP contribution >= 0.6 is 11.8 Å². The Morgan fingerprint density at radius 2 is 2.09 bits per heavy atom. The molecule has 0 N–H and O–H groups in total. The summed E-state index contributed by atoms with van der Waals surface area (Å²) in [5.74, 6) is -0.227. The molecule has 2 nitrogen and oxygen atoms in total. The van der Waals surface area contributed by atoms with Gasteiger partial charge in [0.2, 0.25) is 0 Å². The fourth-order valence-corrected chi connectivity index (χ4v) is 1.04. The molecule has 0 fully saturated rings. The van der Waals surface area contributed by atoms with Gasteiger partial charge in [-0.05, 0) is 27.0 Å². The van der Waals surface area contributed by atoms with Crippen LogP contribution in [0.5, 0.6) is 0 Å². The zero-order chi connectivity index (χ0) is 8.85. The van der Waals surface area contributed by atoms with Crippen LogP contribution in [0.25, 0.3) is 0 Å². The topological polar surface area (TPSA) is 26.3 Å². The van der Waals surface area contributed by atoms with Crippen molar-refractivity contribution in [3.63, 3.8) is 0 Å². The first kappa shape index (κ1) is 10.6. The lowest BCUT2D eigenvalue weighted by molar-refractivity contribution is -0.141. The van der Waals surface area contributed by atoms with Crippen molar-refractivity contribution >= 4 is 17.7 Å². The van der Waals surface area contributed by atoms with Crippen LogP contribution in [0.1, 0.15) is 20.8 Å². The highest BCUT2D eigenvalue weighted by molar-refractivity contribution is 8.03. The Morgan fingerprint density at radius 1 is 1.55 bits per heavy atom. The van der Waals surface area contributed by atoms with E-state index < -0.39 is 0 Å². The van der Waals surface area contributed by atoms with Crippen molar-refractivity contribution in [3.8, 4) is 0 Å². The van der Waals surface area contributed by atoms with E-state index in [0.29, 0.717) is 4.91 Å². The van der Waals surface area contributed by atoms with E-state index in [1.54, 1.807) is 6.08 Å². The molecule has 0 spiro atoms. The maximum atomic E-state index is 11.1. The zero-order valence-electron chi connectivity index (χ0n) is 7.38.